The number of thiazole rings is 1. The van der Waals surface area contributed by atoms with Gasteiger partial charge < -0.3 is 19.0 Å². The van der Waals surface area contributed by atoms with Gasteiger partial charge in [0.25, 0.3) is 5.56 Å². The number of rotatable bonds is 7. The second kappa shape index (κ2) is 11.2. The van der Waals surface area contributed by atoms with E-state index in [4.69, 9.17) is 13.9 Å². The third-order valence-corrected chi connectivity index (χ3v) is 8.22. The molecule has 2 aromatic heterocycles. The number of methoxy groups -OCH3 is 1. The van der Waals surface area contributed by atoms with Gasteiger partial charge in [-0.1, -0.05) is 53.8 Å². The van der Waals surface area contributed by atoms with Gasteiger partial charge in [0, 0.05) is 17.2 Å². The molecule has 0 saturated heterocycles. The van der Waals surface area contributed by atoms with Gasteiger partial charge in [0.2, 0.25) is 0 Å². The number of benzene rings is 3. The molecule has 43 heavy (non-hydrogen) atoms. The molecule has 0 amide bonds. The zero-order chi connectivity index (χ0) is 30.2. The molecule has 6 rings (SSSR count). The SMILES string of the molecule is CCOC(=O)C1=C(C)N=c2sc(=Cc3ccc(-c4cccc(C(=O)O)c4)o3)c(=O)n2C1c1c(OC)ccc2ccccc12. The van der Waals surface area contributed by atoms with Crippen molar-refractivity contribution in [3.05, 3.63) is 121 Å². The van der Waals surface area contributed by atoms with E-state index in [1.165, 1.54) is 28.0 Å². The van der Waals surface area contributed by atoms with Crippen LogP contribution in [0.1, 0.15) is 41.6 Å². The first kappa shape index (κ1) is 27.9. The molecular weight excluding hydrogens is 568 g/mol. The number of ether oxygens (including phenoxy) is 2. The lowest BCUT2D eigenvalue weighted by atomic mass is 9.90. The third kappa shape index (κ3) is 4.95. The summed E-state index contributed by atoms with van der Waals surface area (Å²) < 4.78 is 19.1. The lowest BCUT2D eigenvalue weighted by molar-refractivity contribution is -0.139. The zero-order valence-electron chi connectivity index (χ0n) is 23.5. The Hall–Kier alpha value is -5.22. The number of esters is 1. The van der Waals surface area contributed by atoms with Crippen LogP contribution in [-0.2, 0) is 9.53 Å². The molecule has 0 saturated carbocycles. The summed E-state index contributed by atoms with van der Waals surface area (Å²) in [5, 5.41) is 11.1. The number of furan rings is 1. The molecule has 1 aliphatic heterocycles. The van der Waals surface area contributed by atoms with Crippen molar-refractivity contribution in [1.29, 1.82) is 0 Å². The molecule has 0 bridgehead atoms. The highest BCUT2D eigenvalue weighted by molar-refractivity contribution is 7.07. The summed E-state index contributed by atoms with van der Waals surface area (Å²) >= 11 is 1.18. The summed E-state index contributed by atoms with van der Waals surface area (Å²) in [5.74, 6) is -0.210. The maximum Gasteiger partial charge on any atom is 0.338 e. The van der Waals surface area contributed by atoms with Crippen molar-refractivity contribution >= 4 is 40.1 Å². The summed E-state index contributed by atoms with van der Waals surface area (Å²) in [4.78, 5) is 44.0. The summed E-state index contributed by atoms with van der Waals surface area (Å²) in [6.45, 7) is 3.62. The first-order valence-electron chi connectivity index (χ1n) is 13.5. The van der Waals surface area contributed by atoms with Crippen molar-refractivity contribution in [2.45, 2.75) is 19.9 Å². The molecule has 3 aromatic carbocycles. The quantitative estimate of drug-likeness (QED) is 0.266. The highest BCUT2D eigenvalue weighted by Gasteiger charge is 2.36. The average molecular weight is 595 g/mol. The first-order valence-corrected chi connectivity index (χ1v) is 14.3. The van der Waals surface area contributed by atoms with E-state index in [0.29, 0.717) is 43.4 Å². The van der Waals surface area contributed by atoms with Crippen LogP contribution in [0, 0.1) is 0 Å². The van der Waals surface area contributed by atoms with Crippen LogP contribution in [0.25, 0.3) is 28.2 Å². The zero-order valence-corrected chi connectivity index (χ0v) is 24.3. The number of hydrogen-bond acceptors (Lipinski definition) is 8. The van der Waals surface area contributed by atoms with E-state index in [1.807, 2.05) is 36.4 Å². The maximum absolute atomic E-state index is 14.1. The summed E-state index contributed by atoms with van der Waals surface area (Å²) in [5.41, 5.74) is 1.74. The van der Waals surface area contributed by atoms with Crippen molar-refractivity contribution in [2.24, 2.45) is 4.99 Å². The number of nitrogens with zero attached hydrogens (tertiary/aromatic N) is 2. The van der Waals surface area contributed by atoms with Gasteiger partial charge in [0.15, 0.2) is 4.80 Å². The number of fused-ring (bicyclic) bond motifs is 2. The number of allylic oxidation sites excluding steroid dienone is 1. The number of hydrogen-bond donors (Lipinski definition) is 1. The van der Waals surface area contributed by atoms with E-state index >= 15 is 0 Å². The van der Waals surface area contributed by atoms with Gasteiger partial charge in [0.05, 0.1) is 35.1 Å². The van der Waals surface area contributed by atoms with E-state index in [0.717, 1.165) is 10.8 Å². The Morgan fingerprint density at radius 1 is 1.09 bits per heavy atom. The van der Waals surface area contributed by atoms with Gasteiger partial charge in [-0.3, -0.25) is 9.36 Å². The lowest BCUT2D eigenvalue weighted by Crippen LogP contribution is -2.40. The molecule has 1 unspecified atom stereocenters. The van der Waals surface area contributed by atoms with Crippen molar-refractivity contribution < 1.29 is 28.6 Å². The fourth-order valence-electron chi connectivity index (χ4n) is 5.32. The highest BCUT2D eigenvalue weighted by atomic mass is 32.1. The number of aromatic nitrogens is 1. The van der Waals surface area contributed by atoms with Crippen LogP contribution in [0.3, 0.4) is 0 Å². The fourth-order valence-corrected chi connectivity index (χ4v) is 6.35. The van der Waals surface area contributed by atoms with Gasteiger partial charge in [-0.25, -0.2) is 14.6 Å². The van der Waals surface area contributed by atoms with Crippen LogP contribution >= 0.6 is 11.3 Å². The van der Waals surface area contributed by atoms with Crippen molar-refractivity contribution in [3.63, 3.8) is 0 Å². The Morgan fingerprint density at radius 2 is 1.91 bits per heavy atom. The van der Waals surface area contributed by atoms with Gasteiger partial charge in [-0.2, -0.15) is 0 Å². The standard InChI is InChI=1S/C33H26N2O7S/c1-4-41-32(39)27-18(2)34-33-35(29(27)28-23-11-6-5-8-19(23)12-14-25(28)40-3)30(36)26(43-33)17-22-13-15-24(42-22)20-9-7-10-21(16-20)31(37)38/h5-17,29H,4H2,1-3H3,(H,37,38). The minimum atomic E-state index is -1.04. The second-order valence-electron chi connectivity index (χ2n) is 9.79. The maximum atomic E-state index is 14.1. The predicted molar refractivity (Wildman–Crippen MR) is 162 cm³/mol. The van der Waals surface area contributed by atoms with Crippen molar-refractivity contribution in [2.75, 3.05) is 13.7 Å². The van der Waals surface area contributed by atoms with E-state index in [2.05, 4.69) is 4.99 Å². The molecular formula is C33H26N2O7S. The molecule has 1 N–H and O–H groups in total. The van der Waals surface area contributed by atoms with Crippen LogP contribution in [0.5, 0.6) is 5.75 Å². The molecule has 0 aliphatic carbocycles. The molecule has 216 valence electrons. The molecule has 0 radical (unpaired) electrons. The number of carboxylic acid groups (broad SMARTS) is 1. The van der Waals surface area contributed by atoms with E-state index < -0.39 is 18.0 Å². The molecule has 0 spiro atoms. The minimum absolute atomic E-state index is 0.139. The second-order valence-corrected chi connectivity index (χ2v) is 10.8. The van der Waals surface area contributed by atoms with Crippen LogP contribution in [0.4, 0.5) is 0 Å². The summed E-state index contributed by atoms with van der Waals surface area (Å²) in [7, 11) is 1.55. The normalized spacial score (nSPS) is 14.9. The lowest BCUT2D eigenvalue weighted by Gasteiger charge is -2.27. The summed E-state index contributed by atoms with van der Waals surface area (Å²) in [6.07, 6.45) is 1.62. The van der Waals surface area contributed by atoms with Crippen LogP contribution < -0.4 is 19.6 Å². The van der Waals surface area contributed by atoms with E-state index in [1.54, 1.807) is 51.3 Å². The Labute approximate surface area is 249 Å². The van der Waals surface area contributed by atoms with Crippen molar-refractivity contribution in [3.8, 4) is 17.1 Å². The molecule has 9 nitrogen and oxygen atoms in total. The van der Waals surface area contributed by atoms with Crippen LogP contribution in [-0.4, -0.2) is 35.3 Å². The fraction of sp³-hybridized carbons (Fsp3) is 0.152. The van der Waals surface area contributed by atoms with Crippen LogP contribution in [0.2, 0.25) is 0 Å². The number of carbonyl (C=O) groups is 2. The number of carbonyl (C=O) groups excluding carboxylic acids is 1. The Kier molecular flexibility index (Phi) is 7.29. The largest absolute Gasteiger partial charge is 0.496 e. The Morgan fingerprint density at radius 3 is 2.67 bits per heavy atom. The summed E-state index contributed by atoms with van der Waals surface area (Å²) in [6, 6.07) is 20.5. The van der Waals surface area contributed by atoms with E-state index in [-0.39, 0.29) is 23.3 Å². The van der Waals surface area contributed by atoms with Gasteiger partial charge in [-0.15, -0.1) is 0 Å². The molecule has 1 atom stereocenters. The smallest absolute Gasteiger partial charge is 0.338 e. The van der Waals surface area contributed by atoms with Gasteiger partial charge >= 0.3 is 11.9 Å². The number of carboxylic acids is 1. The van der Waals surface area contributed by atoms with Crippen LogP contribution in [0.15, 0.2) is 98.3 Å². The molecule has 3 heterocycles. The molecule has 5 aromatic rings. The number of aromatic carboxylic acids is 1. The Bertz CT molecular complexity index is 2130. The molecule has 1 aliphatic rings. The topological polar surface area (TPSA) is 120 Å². The third-order valence-electron chi connectivity index (χ3n) is 7.24. The van der Waals surface area contributed by atoms with E-state index in [9.17, 15) is 19.5 Å². The van der Waals surface area contributed by atoms with Crippen molar-refractivity contribution in [1.82, 2.24) is 4.57 Å². The molecule has 10 heteroatoms. The average Bonchev–Trinajstić information content (AvgIpc) is 3.60. The highest BCUT2D eigenvalue weighted by Crippen LogP contribution is 2.40. The monoisotopic (exact) mass is 594 g/mol. The Balaban J connectivity index is 1.54. The predicted octanol–water partition coefficient (Wildman–Crippen LogP) is 4.92. The van der Waals surface area contributed by atoms with Gasteiger partial charge in [-0.05, 0) is 55.0 Å². The first-order chi connectivity index (χ1) is 20.8. The van der Waals surface area contributed by atoms with Gasteiger partial charge in [0.1, 0.15) is 23.3 Å². The minimum Gasteiger partial charge on any atom is -0.496 e. The molecule has 0 fully saturated rings.